The highest BCUT2D eigenvalue weighted by atomic mass is 16.5. The second-order valence-corrected chi connectivity index (χ2v) is 7.79. The van der Waals surface area contributed by atoms with E-state index < -0.39 is 0 Å². The first-order chi connectivity index (χ1) is 15.1. The lowest BCUT2D eigenvalue weighted by Gasteiger charge is -2.13. The van der Waals surface area contributed by atoms with E-state index in [2.05, 4.69) is 20.6 Å². The highest BCUT2D eigenvalue weighted by Gasteiger charge is 2.23. The lowest BCUT2D eigenvalue weighted by atomic mass is 10.1. The molecule has 0 unspecified atom stereocenters. The van der Waals surface area contributed by atoms with Crippen LogP contribution >= 0.6 is 0 Å². The van der Waals surface area contributed by atoms with Gasteiger partial charge in [-0.15, -0.1) is 0 Å². The number of ether oxygens (including phenoxy) is 2. The van der Waals surface area contributed by atoms with Crippen molar-refractivity contribution in [1.29, 1.82) is 0 Å². The Labute approximate surface area is 179 Å². The van der Waals surface area contributed by atoms with Crippen LogP contribution in [0.4, 0.5) is 5.82 Å². The van der Waals surface area contributed by atoms with Crippen LogP contribution in [0.15, 0.2) is 29.2 Å². The van der Waals surface area contributed by atoms with Crippen LogP contribution < -0.4 is 21.2 Å². The number of fused-ring (bicyclic) bond motifs is 2. The van der Waals surface area contributed by atoms with Crippen molar-refractivity contribution in [3.8, 4) is 0 Å². The van der Waals surface area contributed by atoms with Gasteiger partial charge >= 0.3 is 5.56 Å². The van der Waals surface area contributed by atoms with Gasteiger partial charge in [-0.25, -0.2) is 9.78 Å². The lowest BCUT2D eigenvalue weighted by Crippen LogP contribution is -2.30. The number of hydrogen-bond acceptors (Lipinski definition) is 6. The third-order valence-electron chi connectivity index (χ3n) is 5.39. The summed E-state index contributed by atoms with van der Waals surface area (Å²) in [5, 5.41) is 6.49. The van der Waals surface area contributed by atoms with Crippen molar-refractivity contribution < 1.29 is 19.3 Å². The van der Waals surface area contributed by atoms with Gasteiger partial charge in [-0.1, -0.05) is 4.98 Å². The van der Waals surface area contributed by atoms with Gasteiger partial charge in [-0.3, -0.25) is 4.79 Å². The van der Waals surface area contributed by atoms with Crippen LogP contribution in [0.25, 0.3) is 16.7 Å². The van der Waals surface area contributed by atoms with Gasteiger partial charge in [0.15, 0.2) is 0 Å². The summed E-state index contributed by atoms with van der Waals surface area (Å²) in [4.78, 5) is 33.8. The van der Waals surface area contributed by atoms with Crippen molar-refractivity contribution in [3.05, 3.63) is 45.9 Å². The molecule has 1 fully saturated rings. The minimum Gasteiger partial charge on any atom is -0.385 e. The van der Waals surface area contributed by atoms with Crippen LogP contribution in [0.2, 0.25) is 0 Å². The molecule has 1 saturated heterocycles. The molecule has 1 aliphatic heterocycles. The molecule has 1 atom stereocenters. The number of pyridine rings is 2. The molecule has 4 rings (SSSR count). The van der Waals surface area contributed by atoms with E-state index in [0.29, 0.717) is 54.2 Å². The maximum atomic E-state index is 13.1. The van der Waals surface area contributed by atoms with Gasteiger partial charge in [-0.2, -0.15) is 4.40 Å². The predicted molar refractivity (Wildman–Crippen MR) is 117 cm³/mol. The van der Waals surface area contributed by atoms with Gasteiger partial charge in [-0.05, 0) is 43.9 Å². The fourth-order valence-corrected chi connectivity index (χ4v) is 3.74. The average Bonchev–Trinajstić information content (AvgIpc) is 3.29. The summed E-state index contributed by atoms with van der Waals surface area (Å²) in [7, 11) is 1.62. The van der Waals surface area contributed by atoms with E-state index in [1.54, 1.807) is 23.8 Å². The van der Waals surface area contributed by atoms with E-state index in [0.717, 1.165) is 25.0 Å². The molecule has 3 aromatic heterocycles. The number of nitrogens with zero attached hydrogens (tertiary/aromatic N) is 2. The number of aromatic nitrogens is 3. The van der Waals surface area contributed by atoms with Crippen molar-refractivity contribution in [2.24, 2.45) is 0 Å². The number of hydrogen-bond donors (Lipinski definition) is 2. The Morgan fingerprint density at radius 2 is 2.29 bits per heavy atom. The van der Waals surface area contributed by atoms with Crippen LogP contribution in [0.1, 0.15) is 35.2 Å². The number of methoxy groups -OCH3 is 1. The molecule has 0 bridgehead atoms. The number of nitrogens with one attached hydrogen (secondary N) is 3. The SMILES string of the molecule is COCCCNC(=O)c1cc2c(=O)n3cc(C)ccc3[nH+]c2nc1NC[C@H]1CCCO1. The molecule has 0 aliphatic carbocycles. The van der Waals surface area contributed by atoms with E-state index >= 15 is 0 Å². The van der Waals surface area contributed by atoms with Crippen molar-refractivity contribution in [1.82, 2.24) is 14.7 Å². The molecule has 1 amide bonds. The van der Waals surface area contributed by atoms with Gasteiger partial charge in [0.25, 0.3) is 11.6 Å². The van der Waals surface area contributed by atoms with Gasteiger partial charge in [0.1, 0.15) is 10.9 Å². The summed E-state index contributed by atoms with van der Waals surface area (Å²) in [6.45, 7) is 4.25. The Morgan fingerprint density at radius 1 is 1.42 bits per heavy atom. The van der Waals surface area contributed by atoms with Crippen molar-refractivity contribution >= 4 is 28.4 Å². The highest BCUT2D eigenvalue weighted by molar-refractivity contribution is 6.01. The second-order valence-electron chi connectivity index (χ2n) is 7.79. The minimum absolute atomic E-state index is 0.0873. The quantitative estimate of drug-likeness (QED) is 0.416. The standard InChI is InChI=1S/C22H27N5O4/c1-14-6-7-18-25-20-17(22(29)27(18)13-14)11-16(21(28)23-8-4-9-30-2)19(26-20)24-12-15-5-3-10-31-15/h6-7,11,13,15H,3-5,8-10,12H2,1-2H3,(H,23,28)(H,24,26)/p+1/t15-/m1/s1. The molecule has 31 heavy (non-hydrogen) atoms. The molecule has 0 spiro atoms. The zero-order chi connectivity index (χ0) is 21.8. The van der Waals surface area contributed by atoms with E-state index in [-0.39, 0.29) is 17.6 Å². The number of amides is 1. The lowest BCUT2D eigenvalue weighted by molar-refractivity contribution is -0.319. The zero-order valence-electron chi connectivity index (χ0n) is 17.9. The van der Waals surface area contributed by atoms with E-state index in [1.165, 1.54) is 0 Å². The van der Waals surface area contributed by atoms with Crippen LogP contribution in [0.5, 0.6) is 0 Å². The largest absolute Gasteiger partial charge is 0.385 e. The molecule has 0 aromatic carbocycles. The maximum absolute atomic E-state index is 13.1. The van der Waals surface area contributed by atoms with Crippen LogP contribution in [-0.2, 0) is 9.47 Å². The van der Waals surface area contributed by atoms with Crippen LogP contribution in [-0.4, -0.2) is 54.8 Å². The highest BCUT2D eigenvalue weighted by Crippen LogP contribution is 2.19. The van der Waals surface area contributed by atoms with Gasteiger partial charge in [0, 0.05) is 39.5 Å². The monoisotopic (exact) mass is 426 g/mol. The number of aromatic amines is 1. The number of rotatable bonds is 8. The molecule has 164 valence electrons. The smallest absolute Gasteiger partial charge is 0.325 e. The second kappa shape index (κ2) is 9.40. The number of carbonyl (C=O) groups excluding carboxylic acids is 1. The van der Waals surface area contributed by atoms with Crippen LogP contribution in [0.3, 0.4) is 0 Å². The first-order valence-electron chi connectivity index (χ1n) is 10.6. The summed E-state index contributed by atoms with van der Waals surface area (Å²) in [5.41, 5.74) is 2.14. The molecule has 0 radical (unpaired) electrons. The number of anilines is 1. The number of aryl methyl sites for hydroxylation is 1. The van der Waals surface area contributed by atoms with Crippen LogP contribution in [0, 0.1) is 6.92 Å². The summed E-state index contributed by atoms with van der Waals surface area (Å²) >= 11 is 0. The Hall–Kier alpha value is -3.04. The normalized spacial score (nSPS) is 16.1. The Kier molecular flexibility index (Phi) is 6.43. The fourth-order valence-electron chi connectivity index (χ4n) is 3.74. The maximum Gasteiger partial charge on any atom is 0.325 e. The molecular weight excluding hydrogens is 398 g/mol. The Morgan fingerprint density at radius 3 is 3.06 bits per heavy atom. The summed E-state index contributed by atoms with van der Waals surface area (Å²) in [6.07, 6.45) is 4.55. The van der Waals surface area contributed by atoms with Crippen molar-refractivity contribution in [2.75, 3.05) is 38.7 Å². The van der Waals surface area contributed by atoms with E-state index in [4.69, 9.17) is 9.47 Å². The Bertz CT molecular complexity index is 1150. The molecule has 9 heteroatoms. The molecule has 0 saturated carbocycles. The summed E-state index contributed by atoms with van der Waals surface area (Å²) in [6, 6.07) is 5.38. The molecule has 1 aliphatic rings. The average molecular weight is 426 g/mol. The molecular formula is C22H28N5O4+. The number of carbonyl (C=O) groups is 1. The summed E-state index contributed by atoms with van der Waals surface area (Å²) in [5.74, 6) is 0.147. The molecule has 3 aromatic rings. The Balaban J connectivity index is 1.73. The van der Waals surface area contributed by atoms with E-state index in [9.17, 15) is 9.59 Å². The first kappa shape index (κ1) is 21.2. The predicted octanol–water partition coefficient (Wildman–Crippen LogP) is 1.33. The first-order valence-corrected chi connectivity index (χ1v) is 10.6. The topological polar surface area (TPSA) is 108 Å². The fraction of sp³-hybridized carbons (Fsp3) is 0.455. The summed E-state index contributed by atoms with van der Waals surface area (Å²) < 4.78 is 12.3. The van der Waals surface area contributed by atoms with Gasteiger partial charge < -0.3 is 20.1 Å². The van der Waals surface area contributed by atoms with Crippen molar-refractivity contribution in [2.45, 2.75) is 32.3 Å². The van der Waals surface area contributed by atoms with E-state index in [1.807, 2.05) is 19.1 Å². The zero-order valence-corrected chi connectivity index (χ0v) is 17.9. The van der Waals surface area contributed by atoms with Crippen molar-refractivity contribution in [3.63, 3.8) is 0 Å². The number of H-pyrrole nitrogens is 1. The molecule has 9 nitrogen and oxygen atoms in total. The molecule has 3 N–H and O–H groups in total. The minimum atomic E-state index is -0.283. The third kappa shape index (κ3) is 4.67. The molecule has 4 heterocycles. The third-order valence-corrected chi connectivity index (χ3v) is 5.39. The van der Waals surface area contributed by atoms with Gasteiger partial charge in [0.2, 0.25) is 11.5 Å². The van der Waals surface area contributed by atoms with Gasteiger partial charge in [0.05, 0.1) is 12.3 Å².